The lowest BCUT2D eigenvalue weighted by Gasteiger charge is -2.28. The Morgan fingerprint density at radius 2 is 2.00 bits per heavy atom. The van der Waals surface area contributed by atoms with Crippen LogP contribution in [0.1, 0.15) is 31.2 Å². The van der Waals surface area contributed by atoms with E-state index in [9.17, 15) is 18.0 Å². The lowest BCUT2D eigenvalue weighted by atomic mass is 9.79. The number of carbonyl (C=O) groups is 1. The standard InChI is InChI=1S/C13H17F3N2O/c1-18-8-9(7-17-18)6-12(19)10-2-4-11(5-3-10)13(14,15)16/h7-8,10-11H,2-6H2,1H3. The van der Waals surface area contributed by atoms with E-state index in [4.69, 9.17) is 0 Å². The highest BCUT2D eigenvalue weighted by molar-refractivity contribution is 5.83. The van der Waals surface area contributed by atoms with Gasteiger partial charge in [0, 0.05) is 25.6 Å². The van der Waals surface area contributed by atoms with Gasteiger partial charge in [0.2, 0.25) is 0 Å². The Bertz CT molecular complexity index is 445. The van der Waals surface area contributed by atoms with Crippen molar-refractivity contribution in [3.63, 3.8) is 0 Å². The van der Waals surface area contributed by atoms with E-state index in [0.717, 1.165) is 5.56 Å². The van der Waals surface area contributed by atoms with Crippen LogP contribution in [-0.2, 0) is 18.3 Å². The van der Waals surface area contributed by atoms with E-state index in [1.165, 1.54) is 0 Å². The van der Waals surface area contributed by atoms with Gasteiger partial charge in [0.25, 0.3) is 0 Å². The predicted molar refractivity (Wildman–Crippen MR) is 63.4 cm³/mol. The van der Waals surface area contributed by atoms with Crippen LogP contribution in [0.3, 0.4) is 0 Å². The van der Waals surface area contributed by atoms with Crippen molar-refractivity contribution in [2.45, 2.75) is 38.3 Å². The van der Waals surface area contributed by atoms with E-state index >= 15 is 0 Å². The maximum Gasteiger partial charge on any atom is 0.391 e. The summed E-state index contributed by atoms with van der Waals surface area (Å²) in [7, 11) is 1.77. The first kappa shape index (κ1) is 14.1. The highest BCUT2D eigenvalue weighted by Crippen LogP contribution is 2.39. The molecule has 1 aromatic rings. The van der Waals surface area contributed by atoms with Gasteiger partial charge in [0.1, 0.15) is 5.78 Å². The molecule has 0 unspecified atom stereocenters. The Morgan fingerprint density at radius 1 is 1.37 bits per heavy atom. The Hall–Kier alpha value is -1.33. The molecular weight excluding hydrogens is 257 g/mol. The van der Waals surface area contributed by atoms with Gasteiger partial charge < -0.3 is 0 Å². The highest BCUT2D eigenvalue weighted by Gasteiger charge is 2.42. The number of aryl methyl sites for hydroxylation is 1. The van der Waals surface area contributed by atoms with Crippen LogP contribution in [0.25, 0.3) is 0 Å². The fraction of sp³-hybridized carbons (Fsp3) is 0.692. The summed E-state index contributed by atoms with van der Waals surface area (Å²) >= 11 is 0. The third-order valence-corrected chi connectivity index (χ3v) is 3.78. The van der Waals surface area contributed by atoms with Gasteiger partial charge in [-0.2, -0.15) is 18.3 Å². The fourth-order valence-electron chi connectivity index (χ4n) is 2.65. The number of hydrogen-bond donors (Lipinski definition) is 0. The van der Waals surface area contributed by atoms with Crippen LogP contribution in [0.2, 0.25) is 0 Å². The molecule has 1 aliphatic rings. The normalized spacial score (nSPS) is 24.4. The summed E-state index contributed by atoms with van der Waals surface area (Å²) < 4.78 is 39.2. The van der Waals surface area contributed by atoms with E-state index in [0.29, 0.717) is 12.8 Å². The maximum atomic E-state index is 12.5. The molecule has 1 saturated carbocycles. The summed E-state index contributed by atoms with van der Waals surface area (Å²) in [5, 5.41) is 3.97. The van der Waals surface area contributed by atoms with Gasteiger partial charge in [-0.1, -0.05) is 0 Å². The topological polar surface area (TPSA) is 34.9 Å². The maximum absolute atomic E-state index is 12.5. The number of halogens is 3. The molecule has 0 aromatic carbocycles. The van der Waals surface area contributed by atoms with Crippen LogP contribution in [-0.4, -0.2) is 21.7 Å². The van der Waals surface area contributed by atoms with E-state index < -0.39 is 12.1 Å². The molecule has 0 spiro atoms. The van der Waals surface area contributed by atoms with Crippen LogP contribution in [0, 0.1) is 11.8 Å². The zero-order chi connectivity index (χ0) is 14.0. The zero-order valence-electron chi connectivity index (χ0n) is 10.8. The van der Waals surface area contributed by atoms with Crippen molar-refractivity contribution in [2.75, 3.05) is 0 Å². The van der Waals surface area contributed by atoms with Crippen molar-refractivity contribution < 1.29 is 18.0 Å². The van der Waals surface area contributed by atoms with Crippen LogP contribution < -0.4 is 0 Å². The number of ketones is 1. The predicted octanol–water partition coefficient (Wildman–Crippen LogP) is 2.90. The Labute approximate surface area is 109 Å². The van der Waals surface area contributed by atoms with Crippen molar-refractivity contribution in [1.82, 2.24) is 9.78 Å². The largest absolute Gasteiger partial charge is 0.391 e. The number of rotatable bonds is 3. The van der Waals surface area contributed by atoms with Crippen molar-refractivity contribution in [3.8, 4) is 0 Å². The quantitative estimate of drug-likeness (QED) is 0.849. The summed E-state index contributed by atoms with van der Waals surface area (Å²) in [4.78, 5) is 12.0. The van der Waals surface area contributed by atoms with E-state index in [1.54, 1.807) is 24.1 Å². The van der Waals surface area contributed by atoms with Crippen molar-refractivity contribution in [1.29, 1.82) is 0 Å². The van der Waals surface area contributed by atoms with Gasteiger partial charge in [-0.05, 0) is 31.2 Å². The van der Waals surface area contributed by atoms with Gasteiger partial charge in [0.05, 0.1) is 12.1 Å². The molecule has 1 aromatic heterocycles. The highest BCUT2D eigenvalue weighted by atomic mass is 19.4. The zero-order valence-corrected chi connectivity index (χ0v) is 10.8. The lowest BCUT2D eigenvalue weighted by Crippen LogP contribution is -2.30. The molecule has 2 rings (SSSR count). The second kappa shape index (κ2) is 5.35. The first-order valence-corrected chi connectivity index (χ1v) is 6.43. The molecule has 0 saturated heterocycles. The van der Waals surface area contributed by atoms with Gasteiger partial charge in [0.15, 0.2) is 0 Å². The van der Waals surface area contributed by atoms with E-state index in [-0.39, 0.29) is 31.0 Å². The second-order valence-electron chi connectivity index (χ2n) is 5.26. The molecule has 1 heterocycles. The molecule has 19 heavy (non-hydrogen) atoms. The molecule has 0 N–H and O–H groups in total. The number of hydrogen-bond acceptors (Lipinski definition) is 2. The number of aromatic nitrogens is 2. The number of nitrogens with zero attached hydrogens (tertiary/aromatic N) is 2. The Kier molecular flexibility index (Phi) is 3.96. The fourth-order valence-corrected chi connectivity index (χ4v) is 2.65. The van der Waals surface area contributed by atoms with Crippen LogP contribution in [0.4, 0.5) is 13.2 Å². The molecule has 0 amide bonds. The van der Waals surface area contributed by atoms with E-state index in [2.05, 4.69) is 5.10 Å². The second-order valence-corrected chi connectivity index (χ2v) is 5.26. The van der Waals surface area contributed by atoms with Crippen molar-refractivity contribution in [3.05, 3.63) is 18.0 Å². The molecule has 6 heteroatoms. The summed E-state index contributed by atoms with van der Waals surface area (Å²) in [6.07, 6.45) is 0.400. The minimum Gasteiger partial charge on any atom is -0.299 e. The molecule has 0 bridgehead atoms. The third kappa shape index (κ3) is 3.58. The summed E-state index contributed by atoms with van der Waals surface area (Å²) in [5.74, 6) is -1.41. The monoisotopic (exact) mass is 274 g/mol. The number of alkyl halides is 3. The molecular formula is C13H17F3N2O. The first-order chi connectivity index (χ1) is 8.86. The number of Topliss-reactive ketones (excluding diaryl/α,β-unsaturated/α-hetero) is 1. The minimum atomic E-state index is -4.11. The third-order valence-electron chi connectivity index (χ3n) is 3.78. The summed E-state index contributed by atoms with van der Waals surface area (Å²) in [5.41, 5.74) is 0.824. The average molecular weight is 274 g/mol. The molecule has 0 radical (unpaired) electrons. The number of carbonyl (C=O) groups excluding carboxylic acids is 1. The first-order valence-electron chi connectivity index (χ1n) is 6.43. The molecule has 0 atom stereocenters. The van der Waals surface area contributed by atoms with Crippen molar-refractivity contribution in [2.24, 2.45) is 18.9 Å². The van der Waals surface area contributed by atoms with Gasteiger partial charge >= 0.3 is 6.18 Å². The van der Waals surface area contributed by atoms with Crippen LogP contribution in [0.5, 0.6) is 0 Å². The average Bonchev–Trinajstić information content (AvgIpc) is 2.74. The van der Waals surface area contributed by atoms with Gasteiger partial charge in [-0.3, -0.25) is 9.48 Å². The minimum absolute atomic E-state index is 0.0358. The van der Waals surface area contributed by atoms with Crippen molar-refractivity contribution >= 4 is 5.78 Å². The van der Waals surface area contributed by atoms with Crippen LogP contribution in [0.15, 0.2) is 12.4 Å². The summed E-state index contributed by atoms with van der Waals surface area (Å²) in [6.45, 7) is 0. The van der Waals surface area contributed by atoms with Crippen LogP contribution >= 0.6 is 0 Å². The van der Waals surface area contributed by atoms with Gasteiger partial charge in [-0.15, -0.1) is 0 Å². The van der Waals surface area contributed by atoms with E-state index in [1.807, 2.05) is 0 Å². The lowest BCUT2D eigenvalue weighted by molar-refractivity contribution is -0.184. The SMILES string of the molecule is Cn1cc(CC(=O)C2CCC(C(F)(F)F)CC2)cn1. The molecule has 0 aliphatic heterocycles. The molecule has 3 nitrogen and oxygen atoms in total. The smallest absolute Gasteiger partial charge is 0.299 e. The summed E-state index contributed by atoms with van der Waals surface area (Å²) in [6, 6.07) is 0. The van der Waals surface area contributed by atoms with Gasteiger partial charge in [-0.25, -0.2) is 0 Å². The molecule has 1 aliphatic carbocycles. The Morgan fingerprint density at radius 3 is 2.47 bits per heavy atom. The molecule has 106 valence electrons. The molecule has 1 fully saturated rings. The Balaban J connectivity index is 1.86.